The van der Waals surface area contributed by atoms with Crippen molar-refractivity contribution in [2.45, 2.75) is 33.7 Å². The third-order valence-electron chi connectivity index (χ3n) is 3.18. The van der Waals surface area contributed by atoms with Crippen LogP contribution in [0.3, 0.4) is 0 Å². The first-order valence-electron chi connectivity index (χ1n) is 5.97. The van der Waals surface area contributed by atoms with Gasteiger partial charge in [0.05, 0.1) is 6.04 Å². The highest BCUT2D eigenvalue weighted by Crippen LogP contribution is 2.33. The molecule has 0 bridgehead atoms. The Morgan fingerprint density at radius 3 is 2.65 bits per heavy atom. The molecular formula is C14H18FNO. The Kier molecular flexibility index (Phi) is 3.20. The number of nitrogens with one attached hydrogen (secondary N) is 1. The monoisotopic (exact) mass is 235 g/mol. The van der Waals surface area contributed by atoms with Gasteiger partial charge in [0.1, 0.15) is 5.76 Å². The molecule has 3 heteroatoms. The van der Waals surface area contributed by atoms with Gasteiger partial charge in [-0.25, -0.2) is 4.39 Å². The van der Waals surface area contributed by atoms with E-state index in [1.54, 1.807) is 6.07 Å². The average Bonchev–Trinajstić information content (AvgIpc) is 2.63. The summed E-state index contributed by atoms with van der Waals surface area (Å²) in [5.41, 5.74) is 2.46. The lowest BCUT2D eigenvalue weighted by Gasteiger charge is -2.09. The van der Waals surface area contributed by atoms with Crippen molar-refractivity contribution in [3.63, 3.8) is 0 Å². The van der Waals surface area contributed by atoms with E-state index in [2.05, 4.69) is 5.32 Å². The van der Waals surface area contributed by atoms with Gasteiger partial charge in [-0.2, -0.15) is 0 Å². The molecule has 1 aromatic carbocycles. The molecule has 17 heavy (non-hydrogen) atoms. The predicted molar refractivity (Wildman–Crippen MR) is 67.7 cm³/mol. The van der Waals surface area contributed by atoms with E-state index in [0.717, 1.165) is 28.8 Å². The van der Waals surface area contributed by atoms with Crippen molar-refractivity contribution < 1.29 is 8.81 Å². The van der Waals surface area contributed by atoms with E-state index in [4.69, 9.17) is 4.42 Å². The van der Waals surface area contributed by atoms with E-state index in [0.29, 0.717) is 5.58 Å². The molecule has 0 aliphatic rings. The van der Waals surface area contributed by atoms with E-state index in [-0.39, 0.29) is 11.9 Å². The van der Waals surface area contributed by atoms with Crippen molar-refractivity contribution in [2.75, 3.05) is 6.54 Å². The molecule has 0 aliphatic carbocycles. The van der Waals surface area contributed by atoms with Gasteiger partial charge in [-0.3, -0.25) is 0 Å². The second-order valence-electron chi connectivity index (χ2n) is 4.44. The first kappa shape index (κ1) is 12.1. The summed E-state index contributed by atoms with van der Waals surface area (Å²) in [6.07, 6.45) is 0. The van der Waals surface area contributed by atoms with Crippen LogP contribution >= 0.6 is 0 Å². The quantitative estimate of drug-likeness (QED) is 0.873. The standard InChI is InChI=1S/C14H18FNO/c1-5-16-10(4)13-9(3)12-8(2)6-7-11(15)14(12)17-13/h6-7,10,16H,5H2,1-4H3. The molecule has 1 heterocycles. The van der Waals surface area contributed by atoms with E-state index in [1.165, 1.54) is 6.07 Å². The topological polar surface area (TPSA) is 25.2 Å². The van der Waals surface area contributed by atoms with Crippen LogP contribution in [-0.2, 0) is 0 Å². The maximum Gasteiger partial charge on any atom is 0.170 e. The van der Waals surface area contributed by atoms with Gasteiger partial charge in [0.2, 0.25) is 0 Å². The Morgan fingerprint density at radius 2 is 2.06 bits per heavy atom. The molecular weight excluding hydrogens is 217 g/mol. The fourth-order valence-electron chi connectivity index (χ4n) is 2.34. The number of aryl methyl sites for hydroxylation is 2. The number of hydrogen-bond donors (Lipinski definition) is 1. The second kappa shape index (κ2) is 4.49. The Hall–Kier alpha value is -1.35. The van der Waals surface area contributed by atoms with Gasteiger partial charge >= 0.3 is 0 Å². The normalized spacial score (nSPS) is 13.2. The minimum Gasteiger partial charge on any atom is -0.456 e. The van der Waals surface area contributed by atoms with Gasteiger partial charge in [0.15, 0.2) is 11.4 Å². The first-order valence-corrected chi connectivity index (χ1v) is 5.97. The van der Waals surface area contributed by atoms with Gasteiger partial charge in [-0.1, -0.05) is 13.0 Å². The van der Waals surface area contributed by atoms with Crippen molar-refractivity contribution in [1.82, 2.24) is 5.32 Å². The van der Waals surface area contributed by atoms with Crippen LogP contribution in [0.5, 0.6) is 0 Å². The number of benzene rings is 1. The highest BCUT2D eigenvalue weighted by atomic mass is 19.1. The molecule has 0 spiro atoms. The summed E-state index contributed by atoms with van der Waals surface area (Å²) in [6.45, 7) is 8.90. The molecule has 0 radical (unpaired) electrons. The van der Waals surface area contributed by atoms with Gasteiger partial charge in [-0.15, -0.1) is 0 Å². The lowest BCUT2D eigenvalue weighted by Crippen LogP contribution is -2.17. The summed E-state index contributed by atoms with van der Waals surface area (Å²) >= 11 is 0. The van der Waals surface area contributed by atoms with E-state index < -0.39 is 0 Å². The van der Waals surface area contributed by atoms with Crippen LogP contribution in [0.15, 0.2) is 16.5 Å². The zero-order chi connectivity index (χ0) is 12.6. The molecule has 2 rings (SSSR count). The number of furan rings is 1. The number of fused-ring (bicyclic) bond motifs is 1. The molecule has 0 saturated carbocycles. The zero-order valence-electron chi connectivity index (χ0n) is 10.7. The average molecular weight is 235 g/mol. The summed E-state index contributed by atoms with van der Waals surface area (Å²) < 4.78 is 19.4. The minimum atomic E-state index is -0.288. The van der Waals surface area contributed by atoms with Crippen LogP contribution < -0.4 is 5.32 Å². The molecule has 1 aromatic heterocycles. The molecule has 1 N–H and O–H groups in total. The number of halogens is 1. The van der Waals surface area contributed by atoms with E-state index in [9.17, 15) is 4.39 Å². The highest BCUT2D eigenvalue weighted by molar-refractivity contribution is 5.86. The van der Waals surface area contributed by atoms with Gasteiger partial charge in [0, 0.05) is 10.9 Å². The van der Waals surface area contributed by atoms with Crippen LogP contribution in [0, 0.1) is 19.7 Å². The molecule has 0 fully saturated rings. The number of hydrogen-bond acceptors (Lipinski definition) is 2. The predicted octanol–water partition coefficient (Wildman–Crippen LogP) is 3.86. The Balaban J connectivity index is 2.64. The van der Waals surface area contributed by atoms with Gasteiger partial charge < -0.3 is 9.73 Å². The fourth-order valence-corrected chi connectivity index (χ4v) is 2.34. The molecule has 92 valence electrons. The maximum atomic E-state index is 13.7. The largest absolute Gasteiger partial charge is 0.456 e. The molecule has 1 unspecified atom stereocenters. The second-order valence-corrected chi connectivity index (χ2v) is 4.44. The zero-order valence-corrected chi connectivity index (χ0v) is 10.7. The third kappa shape index (κ3) is 1.95. The van der Waals surface area contributed by atoms with E-state index >= 15 is 0 Å². The Bertz CT molecular complexity index is 545. The Labute approximate surface area is 101 Å². The van der Waals surface area contributed by atoms with Crippen LogP contribution in [0.2, 0.25) is 0 Å². The lowest BCUT2D eigenvalue weighted by atomic mass is 10.0. The lowest BCUT2D eigenvalue weighted by molar-refractivity contribution is 0.446. The molecule has 0 amide bonds. The van der Waals surface area contributed by atoms with Crippen molar-refractivity contribution in [3.8, 4) is 0 Å². The summed E-state index contributed by atoms with van der Waals surface area (Å²) in [6, 6.07) is 3.36. The van der Waals surface area contributed by atoms with E-state index in [1.807, 2.05) is 27.7 Å². The van der Waals surface area contributed by atoms with Crippen LogP contribution in [0.1, 0.15) is 36.8 Å². The summed E-state index contributed by atoms with van der Waals surface area (Å²) in [5.74, 6) is 0.540. The summed E-state index contributed by atoms with van der Waals surface area (Å²) in [4.78, 5) is 0. The molecule has 2 nitrogen and oxygen atoms in total. The van der Waals surface area contributed by atoms with Crippen molar-refractivity contribution in [1.29, 1.82) is 0 Å². The minimum absolute atomic E-state index is 0.103. The molecule has 0 saturated heterocycles. The summed E-state index contributed by atoms with van der Waals surface area (Å²) in [5, 5.41) is 4.19. The molecule has 0 aliphatic heterocycles. The number of rotatable bonds is 3. The molecule has 1 atom stereocenters. The van der Waals surface area contributed by atoms with Gasteiger partial charge in [-0.05, 0) is 38.9 Å². The van der Waals surface area contributed by atoms with Crippen molar-refractivity contribution in [3.05, 3.63) is 34.8 Å². The van der Waals surface area contributed by atoms with Crippen molar-refractivity contribution in [2.24, 2.45) is 0 Å². The first-order chi connectivity index (χ1) is 8.06. The Morgan fingerprint density at radius 1 is 1.35 bits per heavy atom. The highest BCUT2D eigenvalue weighted by Gasteiger charge is 2.19. The smallest absolute Gasteiger partial charge is 0.170 e. The SMILES string of the molecule is CCNC(C)c1oc2c(F)ccc(C)c2c1C. The third-order valence-corrected chi connectivity index (χ3v) is 3.18. The summed E-state index contributed by atoms with van der Waals surface area (Å²) in [7, 11) is 0. The van der Waals surface area contributed by atoms with Crippen LogP contribution in [-0.4, -0.2) is 6.54 Å². The van der Waals surface area contributed by atoms with Crippen LogP contribution in [0.4, 0.5) is 4.39 Å². The van der Waals surface area contributed by atoms with Crippen molar-refractivity contribution >= 4 is 11.0 Å². The fraction of sp³-hybridized carbons (Fsp3) is 0.429. The molecule has 2 aromatic rings. The maximum absolute atomic E-state index is 13.7. The van der Waals surface area contributed by atoms with Gasteiger partial charge in [0.25, 0.3) is 0 Å². The van der Waals surface area contributed by atoms with Crippen LogP contribution in [0.25, 0.3) is 11.0 Å².